The van der Waals surface area contributed by atoms with Crippen LogP contribution < -0.4 is 20.1 Å². The van der Waals surface area contributed by atoms with Crippen molar-refractivity contribution in [1.29, 1.82) is 0 Å². The van der Waals surface area contributed by atoms with Crippen molar-refractivity contribution in [2.75, 3.05) is 19.0 Å². The number of amides is 2. The summed E-state index contributed by atoms with van der Waals surface area (Å²) in [5.74, 6) is 0.914. The van der Waals surface area contributed by atoms with E-state index in [9.17, 15) is 14.9 Å². The molecule has 0 atom stereocenters. The van der Waals surface area contributed by atoms with Gasteiger partial charge < -0.3 is 20.1 Å². The second-order valence-corrected chi connectivity index (χ2v) is 5.56. The first kappa shape index (κ1) is 19.3. The molecule has 0 aliphatic heterocycles. The number of rotatable bonds is 7. The van der Waals surface area contributed by atoms with Gasteiger partial charge in [0.15, 0.2) is 11.5 Å². The van der Waals surface area contributed by atoms with Crippen molar-refractivity contribution in [3.8, 4) is 11.5 Å². The number of carbonyl (C=O) groups excluding carboxylic acids is 1. The first-order chi connectivity index (χ1) is 12.4. The predicted molar refractivity (Wildman–Crippen MR) is 98.1 cm³/mol. The zero-order valence-electron chi connectivity index (χ0n) is 14.2. The van der Waals surface area contributed by atoms with E-state index in [0.29, 0.717) is 34.4 Å². The van der Waals surface area contributed by atoms with Crippen molar-refractivity contribution in [1.82, 2.24) is 5.32 Å². The standard InChI is InChI=1S/C17H18ClN3O5/c1-3-26-16-14(18)7-11(8-15(16)25-2)10-19-17(22)20-12-5-4-6-13(9-12)21(23)24/h4-9H,3,10H2,1-2H3,(H2,19,20,22). The molecular formula is C17H18ClN3O5. The number of methoxy groups -OCH3 is 1. The fourth-order valence-corrected chi connectivity index (χ4v) is 2.50. The van der Waals surface area contributed by atoms with Gasteiger partial charge in [-0.3, -0.25) is 10.1 Å². The average Bonchev–Trinajstić information content (AvgIpc) is 2.62. The lowest BCUT2D eigenvalue weighted by atomic mass is 10.2. The molecule has 0 heterocycles. The number of halogens is 1. The van der Waals surface area contributed by atoms with E-state index in [2.05, 4.69) is 10.6 Å². The molecule has 0 unspecified atom stereocenters. The van der Waals surface area contributed by atoms with E-state index in [0.717, 1.165) is 0 Å². The van der Waals surface area contributed by atoms with E-state index in [4.69, 9.17) is 21.1 Å². The van der Waals surface area contributed by atoms with Gasteiger partial charge in [0, 0.05) is 24.4 Å². The van der Waals surface area contributed by atoms with Crippen LogP contribution >= 0.6 is 11.6 Å². The number of ether oxygens (including phenoxy) is 2. The Balaban J connectivity index is 2.02. The zero-order chi connectivity index (χ0) is 19.1. The molecule has 0 saturated heterocycles. The van der Waals surface area contributed by atoms with E-state index in [1.54, 1.807) is 18.2 Å². The second kappa shape index (κ2) is 8.91. The minimum Gasteiger partial charge on any atom is -0.493 e. The monoisotopic (exact) mass is 379 g/mol. The van der Waals surface area contributed by atoms with E-state index >= 15 is 0 Å². The summed E-state index contributed by atoms with van der Waals surface area (Å²) in [7, 11) is 1.50. The van der Waals surface area contributed by atoms with Gasteiger partial charge in [0.25, 0.3) is 5.69 Å². The highest BCUT2D eigenvalue weighted by molar-refractivity contribution is 6.32. The summed E-state index contributed by atoms with van der Waals surface area (Å²) in [6.45, 7) is 2.46. The predicted octanol–water partition coefficient (Wildman–Crippen LogP) is 3.98. The van der Waals surface area contributed by atoms with E-state index < -0.39 is 11.0 Å². The molecule has 2 amide bonds. The lowest BCUT2D eigenvalue weighted by Crippen LogP contribution is -2.28. The second-order valence-electron chi connectivity index (χ2n) is 5.16. The number of nitro benzene ring substituents is 1. The SMILES string of the molecule is CCOc1c(Cl)cc(CNC(=O)Nc2cccc([N+](=O)[O-])c2)cc1OC. The summed E-state index contributed by atoms with van der Waals surface area (Å²) in [4.78, 5) is 22.2. The third kappa shape index (κ3) is 5.00. The summed E-state index contributed by atoms with van der Waals surface area (Å²) in [5.41, 5.74) is 0.925. The Hall–Kier alpha value is -3.00. The molecule has 9 heteroatoms. The van der Waals surface area contributed by atoms with Gasteiger partial charge in [-0.1, -0.05) is 17.7 Å². The minimum atomic E-state index is -0.530. The van der Waals surface area contributed by atoms with Crippen LogP contribution in [0.2, 0.25) is 5.02 Å². The molecule has 0 aliphatic rings. The van der Waals surface area contributed by atoms with Gasteiger partial charge in [0.05, 0.1) is 23.7 Å². The van der Waals surface area contributed by atoms with Gasteiger partial charge in [-0.25, -0.2) is 4.79 Å². The number of nitrogens with one attached hydrogen (secondary N) is 2. The Morgan fingerprint density at radius 2 is 2.08 bits per heavy atom. The number of carbonyl (C=O) groups is 1. The van der Waals surface area contributed by atoms with Gasteiger partial charge in [-0.05, 0) is 30.7 Å². The van der Waals surface area contributed by atoms with Crippen LogP contribution in [0, 0.1) is 10.1 Å². The van der Waals surface area contributed by atoms with E-state index in [1.807, 2.05) is 6.92 Å². The van der Waals surface area contributed by atoms with Crippen molar-refractivity contribution in [2.45, 2.75) is 13.5 Å². The highest BCUT2D eigenvalue weighted by Gasteiger charge is 2.13. The number of urea groups is 1. The minimum absolute atomic E-state index is 0.106. The van der Waals surface area contributed by atoms with Crippen molar-refractivity contribution < 1.29 is 19.2 Å². The van der Waals surface area contributed by atoms with Gasteiger partial charge in [-0.2, -0.15) is 0 Å². The van der Waals surface area contributed by atoms with Crippen molar-refractivity contribution in [2.24, 2.45) is 0 Å². The summed E-state index contributed by atoms with van der Waals surface area (Å²) < 4.78 is 10.7. The van der Waals surface area contributed by atoms with Crippen LogP contribution in [0.1, 0.15) is 12.5 Å². The maximum Gasteiger partial charge on any atom is 0.319 e. The van der Waals surface area contributed by atoms with Crippen LogP contribution in [-0.4, -0.2) is 24.7 Å². The molecular weight excluding hydrogens is 362 g/mol. The van der Waals surface area contributed by atoms with Crippen molar-refractivity contribution in [3.05, 3.63) is 57.1 Å². The molecule has 2 rings (SSSR count). The quantitative estimate of drug-likeness (QED) is 0.559. The maximum atomic E-state index is 12.0. The first-order valence-corrected chi connectivity index (χ1v) is 8.11. The van der Waals surface area contributed by atoms with Crippen molar-refractivity contribution >= 4 is 29.0 Å². The van der Waals surface area contributed by atoms with Gasteiger partial charge >= 0.3 is 6.03 Å². The molecule has 2 aromatic carbocycles. The fraction of sp³-hybridized carbons (Fsp3) is 0.235. The van der Waals surface area contributed by atoms with Crippen molar-refractivity contribution in [3.63, 3.8) is 0 Å². The van der Waals surface area contributed by atoms with Crippen LogP contribution in [0.3, 0.4) is 0 Å². The molecule has 2 N–H and O–H groups in total. The molecule has 138 valence electrons. The molecule has 8 nitrogen and oxygen atoms in total. The topological polar surface area (TPSA) is 103 Å². The Labute approximate surface area is 155 Å². The summed E-state index contributed by atoms with van der Waals surface area (Å²) >= 11 is 6.19. The van der Waals surface area contributed by atoms with Crippen LogP contribution in [0.15, 0.2) is 36.4 Å². The third-order valence-corrected chi connectivity index (χ3v) is 3.63. The molecule has 0 aliphatic carbocycles. The highest BCUT2D eigenvalue weighted by Crippen LogP contribution is 2.36. The molecule has 2 aromatic rings. The molecule has 0 bridgehead atoms. The number of hydrogen-bond acceptors (Lipinski definition) is 5. The maximum absolute atomic E-state index is 12.0. The number of anilines is 1. The molecule has 0 radical (unpaired) electrons. The molecule has 26 heavy (non-hydrogen) atoms. The zero-order valence-corrected chi connectivity index (χ0v) is 15.0. The van der Waals surface area contributed by atoms with E-state index in [-0.39, 0.29) is 12.2 Å². The summed E-state index contributed by atoms with van der Waals surface area (Å²) in [6.07, 6.45) is 0. The summed E-state index contributed by atoms with van der Waals surface area (Å²) in [5, 5.41) is 16.3. The fourth-order valence-electron chi connectivity index (χ4n) is 2.21. The Morgan fingerprint density at radius 3 is 2.73 bits per heavy atom. The van der Waals surface area contributed by atoms with Crippen LogP contribution in [-0.2, 0) is 6.54 Å². The number of nitro groups is 1. The molecule has 0 saturated carbocycles. The van der Waals surface area contributed by atoms with Gasteiger partial charge in [0.2, 0.25) is 0 Å². The number of nitrogens with zero attached hydrogens (tertiary/aromatic N) is 1. The van der Waals surface area contributed by atoms with Gasteiger partial charge in [0.1, 0.15) is 0 Å². The Bertz CT molecular complexity index is 813. The van der Waals surface area contributed by atoms with Gasteiger partial charge in [-0.15, -0.1) is 0 Å². The smallest absolute Gasteiger partial charge is 0.319 e. The molecule has 0 aromatic heterocycles. The van der Waals surface area contributed by atoms with E-state index in [1.165, 1.54) is 25.3 Å². The number of benzene rings is 2. The largest absolute Gasteiger partial charge is 0.493 e. The lowest BCUT2D eigenvalue weighted by Gasteiger charge is -2.14. The normalized spacial score (nSPS) is 10.1. The first-order valence-electron chi connectivity index (χ1n) is 7.73. The summed E-state index contributed by atoms with van der Waals surface area (Å²) in [6, 6.07) is 8.55. The molecule has 0 spiro atoms. The lowest BCUT2D eigenvalue weighted by molar-refractivity contribution is -0.384. The van der Waals surface area contributed by atoms with Crippen LogP contribution in [0.5, 0.6) is 11.5 Å². The Kier molecular flexibility index (Phi) is 6.62. The molecule has 0 fully saturated rings. The highest BCUT2D eigenvalue weighted by atomic mass is 35.5. The van der Waals surface area contributed by atoms with Crippen LogP contribution in [0.4, 0.5) is 16.2 Å². The van der Waals surface area contributed by atoms with Crippen LogP contribution in [0.25, 0.3) is 0 Å². The number of non-ortho nitro benzene ring substituents is 1. The Morgan fingerprint density at radius 1 is 1.31 bits per heavy atom. The third-order valence-electron chi connectivity index (χ3n) is 3.35. The average molecular weight is 380 g/mol. The number of hydrogen-bond donors (Lipinski definition) is 2.